The summed E-state index contributed by atoms with van der Waals surface area (Å²) in [4.78, 5) is 7.67. The summed E-state index contributed by atoms with van der Waals surface area (Å²) in [6, 6.07) is 8.63. The van der Waals surface area contributed by atoms with Crippen molar-refractivity contribution in [2.45, 2.75) is 19.1 Å². The van der Waals surface area contributed by atoms with E-state index in [1.807, 2.05) is 19.1 Å². The molecule has 0 bridgehead atoms. The van der Waals surface area contributed by atoms with Crippen LogP contribution in [0.5, 0.6) is 11.5 Å². The third kappa shape index (κ3) is 4.07. The number of oxime groups is 1. The molecule has 152 valence electrons. The lowest BCUT2D eigenvalue weighted by Gasteiger charge is -2.23. The Kier molecular flexibility index (Phi) is 4.95. The van der Waals surface area contributed by atoms with Crippen LogP contribution in [0.3, 0.4) is 0 Å². The smallest absolute Gasteiger partial charge is 0.416 e. The lowest BCUT2D eigenvalue weighted by molar-refractivity contribution is -0.137. The van der Waals surface area contributed by atoms with E-state index < -0.39 is 11.7 Å². The highest BCUT2D eigenvalue weighted by molar-refractivity contribution is 7.12. The number of alkyl halides is 3. The summed E-state index contributed by atoms with van der Waals surface area (Å²) in [6.45, 7) is 2.39. The fourth-order valence-electron chi connectivity index (χ4n) is 2.94. The Balaban J connectivity index is 1.60. The molecule has 29 heavy (non-hydrogen) atoms. The van der Waals surface area contributed by atoms with E-state index in [2.05, 4.69) is 15.6 Å². The molecular formula is C19H17F3N4O2S. The van der Waals surface area contributed by atoms with Gasteiger partial charge in [0, 0.05) is 16.8 Å². The average molecular weight is 422 g/mol. The molecule has 0 saturated heterocycles. The third-order valence-electron chi connectivity index (χ3n) is 4.33. The third-order valence-corrected chi connectivity index (χ3v) is 5.45. The zero-order valence-corrected chi connectivity index (χ0v) is 16.3. The maximum absolute atomic E-state index is 13.0. The number of nitrogens with one attached hydrogen (secondary N) is 1. The molecule has 1 aliphatic heterocycles. The van der Waals surface area contributed by atoms with Crippen molar-refractivity contribution >= 4 is 17.2 Å². The molecule has 6 nitrogen and oxygen atoms in total. The molecule has 0 fully saturated rings. The Labute approximate surface area is 168 Å². The lowest BCUT2D eigenvalue weighted by atomic mass is 10.2. The van der Waals surface area contributed by atoms with Crippen molar-refractivity contribution in [3.8, 4) is 11.5 Å². The Bertz CT molecular complexity index is 1060. The predicted octanol–water partition coefficient (Wildman–Crippen LogP) is 4.62. The van der Waals surface area contributed by atoms with Crippen LogP contribution in [0.4, 0.5) is 13.2 Å². The maximum atomic E-state index is 13.0. The van der Waals surface area contributed by atoms with Crippen molar-refractivity contribution in [2.75, 3.05) is 6.61 Å². The largest absolute Gasteiger partial charge is 0.453 e. The van der Waals surface area contributed by atoms with Gasteiger partial charge in [-0.05, 0) is 37.3 Å². The minimum absolute atomic E-state index is 0.0526. The molecule has 1 N–H and O–H groups in total. The molecular weight excluding hydrogens is 405 g/mol. The number of aromatic nitrogens is 2. The van der Waals surface area contributed by atoms with Gasteiger partial charge in [0.2, 0.25) is 0 Å². The second-order valence-corrected chi connectivity index (χ2v) is 7.81. The van der Waals surface area contributed by atoms with Gasteiger partial charge in [-0.25, -0.2) is 0 Å². The molecule has 4 rings (SSSR count). The quantitative estimate of drug-likeness (QED) is 0.666. The van der Waals surface area contributed by atoms with Crippen LogP contribution in [-0.4, -0.2) is 22.2 Å². The van der Waals surface area contributed by atoms with Gasteiger partial charge in [-0.2, -0.15) is 18.3 Å². The van der Waals surface area contributed by atoms with Gasteiger partial charge in [-0.15, -0.1) is 11.3 Å². The molecule has 0 aliphatic carbocycles. The molecule has 2 aromatic heterocycles. The topological polar surface area (TPSA) is 60.7 Å². The minimum atomic E-state index is -4.45. The number of benzene rings is 1. The summed E-state index contributed by atoms with van der Waals surface area (Å²) in [5.74, 6) is 0.718. The highest BCUT2D eigenvalue weighted by atomic mass is 32.1. The average Bonchev–Trinajstić information content (AvgIpc) is 3.27. The van der Waals surface area contributed by atoms with E-state index >= 15 is 0 Å². The predicted molar refractivity (Wildman–Crippen MR) is 102 cm³/mol. The molecule has 3 heterocycles. The number of hydrogen-bond acceptors (Lipinski definition) is 6. The fourth-order valence-corrected chi connectivity index (χ4v) is 3.85. The summed E-state index contributed by atoms with van der Waals surface area (Å²) >= 11 is 1.65. The van der Waals surface area contributed by atoms with Gasteiger partial charge < -0.3 is 14.9 Å². The van der Waals surface area contributed by atoms with Gasteiger partial charge in [0.1, 0.15) is 18.1 Å². The number of aryl methyl sites for hydroxylation is 2. The number of hydrogen-bond donors (Lipinski definition) is 1. The molecule has 0 spiro atoms. The molecule has 0 radical (unpaired) electrons. The molecule has 1 aliphatic rings. The van der Waals surface area contributed by atoms with Crippen LogP contribution in [0.25, 0.3) is 0 Å². The van der Waals surface area contributed by atoms with Crippen LogP contribution >= 0.6 is 11.3 Å². The lowest BCUT2D eigenvalue weighted by Crippen LogP contribution is -2.36. The zero-order chi connectivity index (χ0) is 20.6. The van der Waals surface area contributed by atoms with Crippen LogP contribution in [0.1, 0.15) is 27.1 Å². The van der Waals surface area contributed by atoms with Crippen molar-refractivity contribution in [1.29, 1.82) is 0 Å². The number of ether oxygens (including phenoxy) is 1. The molecule has 3 aromatic rings. The second-order valence-electron chi connectivity index (χ2n) is 6.49. The first-order chi connectivity index (χ1) is 13.8. The van der Waals surface area contributed by atoms with Crippen molar-refractivity contribution < 1.29 is 22.7 Å². The van der Waals surface area contributed by atoms with Crippen molar-refractivity contribution in [3.63, 3.8) is 0 Å². The van der Waals surface area contributed by atoms with Gasteiger partial charge in [-0.3, -0.25) is 4.68 Å². The number of halogens is 3. The van der Waals surface area contributed by atoms with Crippen molar-refractivity contribution in [1.82, 2.24) is 15.1 Å². The van der Waals surface area contributed by atoms with E-state index in [0.717, 1.165) is 17.0 Å². The molecule has 1 unspecified atom stereocenters. The Morgan fingerprint density at radius 1 is 1.28 bits per heavy atom. The van der Waals surface area contributed by atoms with E-state index in [9.17, 15) is 13.2 Å². The summed E-state index contributed by atoms with van der Waals surface area (Å²) in [5.41, 5.74) is -0.314. The number of nitrogens with zero attached hydrogens (tertiary/aromatic N) is 3. The first-order valence-corrected chi connectivity index (χ1v) is 9.53. The number of thiophene rings is 1. The zero-order valence-electron chi connectivity index (χ0n) is 15.5. The van der Waals surface area contributed by atoms with Crippen LogP contribution in [0, 0.1) is 6.92 Å². The highest BCUT2D eigenvalue weighted by Crippen LogP contribution is 2.34. The van der Waals surface area contributed by atoms with Crippen molar-refractivity contribution in [3.05, 3.63) is 63.6 Å². The first-order valence-electron chi connectivity index (χ1n) is 8.71. The summed E-state index contributed by atoms with van der Waals surface area (Å²) < 4.78 is 46.1. The highest BCUT2D eigenvalue weighted by Gasteiger charge is 2.31. The van der Waals surface area contributed by atoms with E-state index in [1.54, 1.807) is 18.4 Å². The standard InChI is InChI=1S/C19H17F3N4O2S/c1-11-6-7-16(29-11)14-10-27-25-18(24-14)17-15(9-23-26(17)2)28-13-5-3-4-12(8-13)19(20,21)22/h3-9,14H,10H2,1-2H3,(H,24,25). The van der Waals surface area contributed by atoms with Crippen molar-refractivity contribution in [2.24, 2.45) is 12.2 Å². The van der Waals surface area contributed by atoms with E-state index in [4.69, 9.17) is 9.57 Å². The Hall–Kier alpha value is -3.01. The maximum Gasteiger partial charge on any atom is 0.416 e. The molecule has 0 saturated carbocycles. The molecule has 0 amide bonds. The van der Waals surface area contributed by atoms with Crippen LogP contribution < -0.4 is 10.1 Å². The van der Waals surface area contributed by atoms with Gasteiger partial charge >= 0.3 is 6.18 Å². The molecule has 10 heteroatoms. The SMILES string of the molecule is Cc1ccc(C2CON=C(c3c(Oc4cccc(C(F)(F)F)c4)cnn3C)N2)s1. The van der Waals surface area contributed by atoms with E-state index in [-0.39, 0.29) is 17.5 Å². The van der Waals surface area contributed by atoms with Gasteiger partial charge in [0.15, 0.2) is 11.6 Å². The minimum Gasteiger partial charge on any atom is -0.453 e. The van der Waals surface area contributed by atoms with Crippen LogP contribution in [0.2, 0.25) is 0 Å². The van der Waals surface area contributed by atoms with E-state index in [0.29, 0.717) is 18.1 Å². The number of rotatable bonds is 4. The Morgan fingerprint density at radius 2 is 2.10 bits per heavy atom. The molecule has 1 atom stereocenters. The van der Waals surface area contributed by atoms with Crippen LogP contribution in [-0.2, 0) is 18.1 Å². The Morgan fingerprint density at radius 3 is 2.83 bits per heavy atom. The van der Waals surface area contributed by atoms with E-state index in [1.165, 1.54) is 27.9 Å². The first kappa shape index (κ1) is 19.3. The molecule has 1 aromatic carbocycles. The summed E-state index contributed by atoms with van der Waals surface area (Å²) in [6.07, 6.45) is -3.02. The normalized spacial score (nSPS) is 16.7. The fraction of sp³-hybridized carbons (Fsp3) is 0.263. The van der Waals surface area contributed by atoms with Gasteiger partial charge in [0.05, 0.1) is 17.8 Å². The second kappa shape index (κ2) is 7.43. The van der Waals surface area contributed by atoms with Crippen LogP contribution in [0.15, 0.2) is 47.8 Å². The monoisotopic (exact) mass is 422 g/mol. The van der Waals surface area contributed by atoms with Gasteiger partial charge in [-0.1, -0.05) is 11.2 Å². The summed E-state index contributed by atoms with van der Waals surface area (Å²) in [7, 11) is 1.69. The summed E-state index contributed by atoms with van der Waals surface area (Å²) in [5, 5.41) is 11.5. The number of amidine groups is 1. The van der Waals surface area contributed by atoms with Gasteiger partial charge in [0.25, 0.3) is 0 Å².